The summed E-state index contributed by atoms with van der Waals surface area (Å²) in [5.41, 5.74) is 1.07. The lowest BCUT2D eigenvalue weighted by Crippen LogP contribution is -2.30. The van der Waals surface area contributed by atoms with Crippen LogP contribution in [0.4, 0.5) is 14.5 Å². The van der Waals surface area contributed by atoms with Crippen LogP contribution in [0.1, 0.15) is 0 Å². The van der Waals surface area contributed by atoms with E-state index in [0.717, 1.165) is 17.7 Å². The van der Waals surface area contributed by atoms with E-state index in [1.807, 2.05) is 42.5 Å². The molecule has 1 N–H and O–H groups in total. The Balaban J connectivity index is 1.72. The first kappa shape index (κ1) is 18.5. The maximum Gasteiger partial charge on any atom is 0.349 e. The first-order valence-corrected chi connectivity index (χ1v) is 8.83. The second-order valence-corrected chi connectivity index (χ2v) is 6.38. The molecule has 0 atom stereocenters. The molecule has 4 rings (SSSR count). The van der Waals surface area contributed by atoms with Crippen molar-refractivity contribution in [1.29, 1.82) is 0 Å². The third-order valence-corrected chi connectivity index (χ3v) is 4.44. The number of carbonyl (C=O) groups is 1. The molecule has 0 aliphatic rings. The minimum atomic E-state index is -0.895. The quantitative estimate of drug-likeness (QED) is 0.572. The highest BCUT2D eigenvalue weighted by atomic mass is 19.1. The minimum absolute atomic E-state index is 0.164. The van der Waals surface area contributed by atoms with Crippen molar-refractivity contribution in [2.24, 2.45) is 0 Å². The van der Waals surface area contributed by atoms with Crippen molar-refractivity contribution < 1.29 is 13.6 Å². The van der Waals surface area contributed by atoms with Gasteiger partial charge in [0.15, 0.2) is 0 Å². The van der Waals surface area contributed by atoms with Crippen molar-refractivity contribution in [1.82, 2.24) is 9.55 Å². The van der Waals surface area contributed by atoms with E-state index in [0.29, 0.717) is 22.7 Å². The van der Waals surface area contributed by atoms with Crippen LogP contribution < -0.4 is 11.0 Å². The van der Waals surface area contributed by atoms with E-state index in [9.17, 15) is 18.4 Å². The maximum absolute atomic E-state index is 13.8. The largest absolute Gasteiger partial charge is 0.349 e. The number of benzene rings is 3. The normalized spacial score (nSPS) is 10.8. The van der Waals surface area contributed by atoms with E-state index in [1.54, 1.807) is 12.1 Å². The number of nitrogens with one attached hydrogen (secondary N) is 1. The SMILES string of the molecule is O=C(Cn1c(=O)nc(-c2ccccc2)c2ccccc21)Nc1ccc(F)cc1F. The molecule has 7 heteroatoms. The standard InChI is InChI=1S/C22H15F2N3O2/c23-15-10-11-18(17(24)12-15)25-20(28)13-27-19-9-5-4-8-16(19)21(26-22(27)29)14-6-2-1-3-7-14/h1-12H,13H2,(H,25,28). The summed E-state index contributed by atoms with van der Waals surface area (Å²) in [4.78, 5) is 29.3. The fourth-order valence-electron chi connectivity index (χ4n) is 3.12. The first-order chi connectivity index (χ1) is 14.0. The predicted molar refractivity (Wildman–Crippen MR) is 106 cm³/mol. The molecule has 1 amide bonds. The molecule has 0 unspecified atom stereocenters. The van der Waals surface area contributed by atoms with Gasteiger partial charge in [0.2, 0.25) is 5.91 Å². The lowest BCUT2D eigenvalue weighted by atomic mass is 10.1. The first-order valence-electron chi connectivity index (χ1n) is 8.83. The van der Waals surface area contributed by atoms with Crippen molar-refractivity contribution >= 4 is 22.5 Å². The zero-order chi connectivity index (χ0) is 20.4. The number of fused-ring (bicyclic) bond motifs is 1. The van der Waals surface area contributed by atoms with Gasteiger partial charge in [0.1, 0.15) is 18.2 Å². The summed E-state index contributed by atoms with van der Waals surface area (Å²) in [5, 5.41) is 3.06. The molecule has 29 heavy (non-hydrogen) atoms. The summed E-state index contributed by atoms with van der Waals surface area (Å²) < 4.78 is 28.0. The molecule has 0 aliphatic heterocycles. The minimum Gasteiger partial charge on any atom is -0.322 e. The fraction of sp³-hybridized carbons (Fsp3) is 0.0455. The molecule has 0 saturated heterocycles. The van der Waals surface area contributed by atoms with Crippen LogP contribution in [0.2, 0.25) is 0 Å². The summed E-state index contributed by atoms with van der Waals surface area (Å²) in [7, 11) is 0. The van der Waals surface area contributed by atoms with Crippen molar-refractivity contribution in [3.63, 3.8) is 0 Å². The van der Waals surface area contributed by atoms with Crippen molar-refractivity contribution in [3.05, 3.63) is 94.9 Å². The van der Waals surface area contributed by atoms with Gasteiger partial charge in [-0.05, 0) is 18.2 Å². The number of hydrogen-bond donors (Lipinski definition) is 1. The third kappa shape index (κ3) is 3.75. The van der Waals surface area contributed by atoms with Crippen molar-refractivity contribution in [2.75, 3.05) is 5.32 Å². The lowest BCUT2D eigenvalue weighted by molar-refractivity contribution is -0.116. The summed E-state index contributed by atoms with van der Waals surface area (Å²) in [6.07, 6.45) is 0. The van der Waals surface area contributed by atoms with Gasteiger partial charge in [-0.15, -0.1) is 0 Å². The number of rotatable bonds is 4. The summed E-state index contributed by atoms with van der Waals surface area (Å²) >= 11 is 0. The van der Waals surface area contributed by atoms with E-state index >= 15 is 0 Å². The topological polar surface area (TPSA) is 64.0 Å². The van der Waals surface area contributed by atoms with Crippen LogP contribution in [0.5, 0.6) is 0 Å². The van der Waals surface area contributed by atoms with Crippen LogP contribution in [-0.4, -0.2) is 15.5 Å². The van der Waals surface area contributed by atoms with E-state index in [-0.39, 0.29) is 12.2 Å². The summed E-state index contributed by atoms with van der Waals surface area (Å²) in [5.74, 6) is -2.27. The molecule has 5 nitrogen and oxygen atoms in total. The number of anilines is 1. The Hall–Kier alpha value is -3.87. The van der Waals surface area contributed by atoms with Crippen molar-refractivity contribution in [3.8, 4) is 11.3 Å². The van der Waals surface area contributed by atoms with Gasteiger partial charge >= 0.3 is 5.69 Å². The Bertz CT molecular complexity index is 1270. The molecule has 0 fully saturated rings. The zero-order valence-corrected chi connectivity index (χ0v) is 15.1. The third-order valence-electron chi connectivity index (χ3n) is 4.44. The highest BCUT2D eigenvalue weighted by molar-refractivity contribution is 5.95. The predicted octanol–water partition coefficient (Wildman–Crippen LogP) is 3.98. The van der Waals surface area contributed by atoms with Gasteiger partial charge in [-0.1, -0.05) is 48.5 Å². The van der Waals surface area contributed by atoms with Crippen LogP contribution in [0.15, 0.2) is 77.6 Å². The van der Waals surface area contributed by atoms with Gasteiger partial charge < -0.3 is 5.32 Å². The average Bonchev–Trinajstić information content (AvgIpc) is 2.72. The molecule has 0 saturated carbocycles. The van der Waals surface area contributed by atoms with Crippen LogP contribution in [0.3, 0.4) is 0 Å². The summed E-state index contributed by atoms with van der Waals surface area (Å²) in [6.45, 7) is -0.363. The molecule has 1 aromatic heterocycles. The molecule has 1 heterocycles. The molecule has 4 aromatic rings. The molecular weight excluding hydrogens is 376 g/mol. The lowest BCUT2D eigenvalue weighted by Gasteiger charge is -2.13. The van der Waals surface area contributed by atoms with Gasteiger partial charge in [0, 0.05) is 17.0 Å². The van der Waals surface area contributed by atoms with E-state index in [2.05, 4.69) is 10.3 Å². The monoisotopic (exact) mass is 391 g/mol. The van der Waals surface area contributed by atoms with Crippen LogP contribution in [0, 0.1) is 11.6 Å². The zero-order valence-electron chi connectivity index (χ0n) is 15.1. The molecular formula is C22H15F2N3O2. The van der Waals surface area contributed by atoms with E-state index in [1.165, 1.54) is 4.57 Å². The number of halogens is 2. The molecule has 3 aromatic carbocycles. The Kier molecular flexibility index (Phi) is 4.87. The Morgan fingerprint density at radius 1 is 0.966 bits per heavy atom. The fourth-order valence-corrected chi connectivity index (χ4v) is 3.12. The number of para-hydroxylation sites is 1. The average molecular weight is 391 g/mol. The number of carbonyl (C=O) groups excluding carboxylic acids is 1. The van der Waals surface area contributed by atoms with Crippen LogP contribution in [0.25, 0.3) is 22.2 Å². The number of hydrogen-bond acceptors (Lipinski definition) is 3. The van der Waals surface area contributed by atoms with Gasteiger partial charge in [-0.3, -0.25) is 9.36 Å². The van der Waals surface area contributed by atoms with Gasteiger partial charge in [-0.25, -0.2) is 13.6 Å². The van der Waals surface area contributed by atoms with Gasteiger partial charge in [0.05, 0.1) is 16.9 Å². The Morgan fingerprint density at radius 3 is 2.45 bits per heavy atom. The second-order valence-electron chi connectivity index (χ2n) is 6.38. The maximum atomic E-state index is 13.8. The van der Waals surface area contributed by atoms with Gasteiger partial charge in [0.25, 0.3) is 0 Å². The Labute approximate surface area is 164 Å². The van der Waals surface area contributed by atoms with Crippen LogP contribution in [-0.2, 0) is 11.3 Å². The van der Waals surface area contributed by atoms with Gasteiger partial charge in [-0.2, -0.15) is 4.98 Å². The number of aromatic nitrogens is 2. The molecule has 0 aliphatic carbocycles. The molecule has 0 radical (unpaired) electrons. The highest BCUT2D eigenvalue weighted by Gasteiger charge is 2.15. The smallest absolute Gasteiger partial charge is 0.322 e. The van der Waals surface area contributed by atoms with E-state index < -0.39 is 23.2 Å². The number of amides is 1. The second kappa shape index (κ2) is 7.63. The summed E-state index contributed by atoms with van der Waals surface area (Å²) in [6, 6.07) is 19.2. The van der Waals surface area contributed by atoms with Crippen molar-refractivity contribution in [2.45, 2.75) is 6.54 Å². The highest BCUT2D eigenvalue weighted by Crippen LogP contribution is 2.25. The Morgan fingerprint density at radius 2 is 1.69 bits per heavy atom. The molecule has 144 valence electrons. The molecule has 0 bridgehead atoms. The van der Waals surface area contributed by atoms with Crippen LogP contribution >= 0.6 is 0 Å². The molecule has 0 spiro atoms. The number of nitrogens with zero attached hydrogens (tertiary/aromatic N) is 2. The van der Waals surface area contributed by atoms with E-state index in [4.69, 9.17) is 0 Å².